The van der Waals surface area contributed by atoms with Gasteiger partial charge in [0, 0.05) is 13.1 Å². The number of rotatable bonds is 7. The van der Waals surface area contributed by atoms with Gasteiger partial charge >= 0.3 is 6.61 Å². The number of amides is 3. The number of halogens is 2. The summed E-state index contributed by atoms with van der Waals surface area (Å²) in [7, 11) is 0. The van der Waals surface area contributed by atoms with Gasteiger partial charge in [0.15, 0.2) is 11.5 Å². The molecule has 3 amide bonds. The minimum absolute atomic E-state index is 0.0114. The third kappa shape index (κ3) is 5.25. The van der Waals surface area contributed by atoms with Crippen LogP contribution in [-0.2, 0) is 4.79 Å². The molecule has 1 N–H and O–H groups in total. The lowest BCUT2D eigenvalue weighted by atomic mass is 10.1. The van der Waals surface area contributed by atoms with Gasteiger partial charge in [-0.05, 0) is 47.7 Å². The van der Waals surface area contributed by atoms with Gasteiger partial charge in [0.1, 0.15) is 19.0 Å². The van der Waals surface area contributed by atoms with Crippen molar-refractivity contribution >= 4 is 34.9 Å². The van der Waals surface area contributed by atoms with Crippen LogP contribution in [0, 0.1) is 0 Å². The van der Waals surface area contributed by atoms with Gasteiger partial charge in [-0.15, -0.1) is 0 Å². The largest absolute Gasteiger partial charge is 0.486 e. The minimum Gasteiger partial charge on any atom is -0.486 e. The molecule has 0 unspecified atom stereocenters. The molecule has 8 nitrogen and oxygen atoms in total. The number of alkyl halides is 2. The maximum Gasteiger partial charge on any atom is 0.387 e. The number of thioether (sulfide) groups is 1. The van der Waals surface area contributed by atoms with Crippen LogP contribution < -0.4 is 19.5 Å². The zero-order chi connectivity index (χ0) is 23.4. The van der Waals surface area contributed by atoms with Crippen molar-refractivity contribution in [2.24, 2.45) is 0 Å². The Balaban J connectivity index is 1.35. The van der Waals surface area contributed by atoms with Gasteiger partial charge in [-0.25, -0.2) is 0 Å². The molecule has 0 saturated carbocycles. The first-order valence-corrected chi connectivity index (χ1v) is 10.7. The van der Waals surface area contributed by atoms with Gasteiger partial charge < -0.3 is 19.5 Å². The van der Waals surface area contributed by atoms with Crippen LogP contribution in [0.25, 0.3) is 6.08 Å². The summed E-state index contributed by atoms with van der Waals surface area (Å²) >= 11 is 0.763. The third-order valence-electron chi connectivity index (χ3n) is 4.71. The molecule has 172 valence electrons. The maximum atomic E-state index is 12.6. The van der Waals surface area contributed by atoms with Crippen LogP contribution in [0.15, 0.2) is 47.4 Å². The molecule has 4 rings (SSSR count). The highest BCUT2D eigenvalue weighted by molar-refractivity contribution is 8.18. The van der Waals surface area contributed by atoms with E-state index in [-0.39, 0.29) is 23.7 Å². The fourth-order valence-corrected chi connectivity index (χ4v) is 4.08. The van der Waals surface area contributed by atoms with Crippen LogP contribution >= 0.6 is 11.8 Å². The molecular formula is C22H18F2N2O6S. The van der Waals surface area contributed by atoms with Crippen molar-refractivity contribution in [3.05, 3.63) is 58.5 Å². The standard InChI is InChI=1S/C22H18F2N2O6S/c23-21(24)32-14-6-4-13(5-7-14)12-17-20(28)26(22(29)33-17)9-8-25-19(27)15-2-1-3-16-18(15)31-11-10-30-16/h1-7,12,21H,8-11H2,(H,25,27)/b17-12-. The number of hydrogen-bond acceptors (Lipinski definition) is 7. The lowest BCUT2D eigenvalue weighted by molar-refractivity contribution is -0.122. The van der Waals surface area contributed by atoms with Gasteiger partial charge in [0.05, 0.1) is 10.5 Å². The van der Waals surface area contributed by atoms with E-state index in [0.29, 0.717) is 35.8 Å². The summed E-state index contributed by atoms with van der Waals surface area (Å²) in [5.74, 6) is -0.0753. The number of carbonyl (C=O) groups excluding carboxylic acids is 3. The van der Waals surface area contributed by atoms with Crippen molar-refractivity contribution in [3.63, 3.8) is 0 Å². The molecule has 0 atom stereocenters. The number of benzene rings is 2. The molecule has 2 aliphatic rings. The van der Waals surface area contributed by atoms with Crippen molar-refractivity contribution in [2.75, 3.05) is 26.3 Å². The van der Waals surface area contributed by atoms with E-state index in [9.17, 15) is 23.2 Å². The van der Waals surface area contributed by atoms with Gasteiger partial charge in [-0.3, -0.25) is 19.3 Å². The molecule has 33 heavy (non-hydrogen) atoms. The smallest absolute Gasteiger partial charge is 0.387 e. The van der Waals surface area contributed by atoms with Crippen molar-refractivity contribution in [3.8, 4) is 17.2 Å². The molecule has 2 aromatic rings. The highest BCUT2D eigenvalue weighted by Crippen LogP contribution is 2.34. The molecule has 11 heteroatoms. The van der Waals surface area contributed by atoms with E-state index in [1.165, 1.54) is 30.3 Å². The lowest BCUT2D eigenvalue weighted by Gasteiger charge is -2.20. The summed E-state index contributed by atoms with van der Waals surface area (Å²) in [6.07, 6.45) is 1.49. The second-order valence-electron chi connectivity index (χ2n) is 6.87. The van der Waals surface area contributed by atoms with Crippen LogP contribution in [-0.4, -0.2) is 54.9 Å². The van der Waals surface area contributed by atoms with Gasteiger partial charge in [-0.2, -0.15) is 8.78 Å². The van der Waals surface area contributed by atoms with Crippen LogP contribution in [0.1, 0.15) is 15.9 Å². The highest BCUT2D eigenvalue weighted by atomic mass is 32.2. The third-order valence-corrected chi connectivity index (χ3v) is 5.62. The molecule has 2 aromatic carbocycles. The first kappa shape index (κ1) is 22.6. The minimum atomic E-state index is -2.93. The number of nitrogens with one attached hydrogen (secondary N) is 1. The second kappa shape index (κ2) is 9.90. The molecule has 0 aliphatic carbocycles. The van der Waals surface area contributed by atoms with E-state index >= 15 is 0 Å². The lowest BCUT2D eigenvalue weighted by Crippen LogP contribution is -2.37. The van der Waals surface area contributed by atoms with E-state index in [0.717, 1.165) is 16.7 Å². The average molecular weight is 476 g/mol. The van der Waals surface area contributed by atoms with Crippen LogP contribution in [0.4, 0.5) is 13.6 Å². The first-order valence-electron chi connectivity index (χ1n) is 9.89. The summed E-state index contributed by atoms with van der Waals surface area (Å²) < 4.78 is 39.8. The molecular weight excluding hydrogens is 458 g/mol. The molecule has 0 radical (unpaired) electrons. The Morgan fingerprint density at radius 3 is 2.67 bits per heavy atom. The van der Waals surface area contributed by atoms with Crippen molar-refractivity contribution in [1.82, 2.24) is 10.2 Å². The Hall–Kier alpha value is -3.60. The second-order valence-corrected chi connectivity index (χ2v) is 7.86. The normalized spacial score (nSPS) is 16.5. The number of hydrogen-bond donors (Lipinski definition) is 1. The number of fused-ring (bicyclic) bond motifs is 1. The van der Waals surface area contributed by atoms with Crippen LogP contribution in [0.5, 0.6) is 17.2 Å². The Morgan fingerprint density at radius 2 is 1.91 bits per heavy atom. The number of nitrogens with zero attached hydrogens (tertiary/aromatic N) is 1. The molecule has 0 bridgehead atoms. The van der Waals surface area contributed by atoms with Crippen molar-refractivity contribution in [1.29, 1.82) is 0 Å². The van der Waals surface area contributed by atoms with E-state index < -0.39 is 23.7 Å². The van der Waals surface area contributed by atoms with Crippen LogP contribution in [0.2, 0.25) is 0 Å². The van der Waals surface area contributed by atoms with Gasteiger partial charge in [0.2, 0.25) is 0 Å². The topological polar surface area (TPSA) is 94.2 Å². The van der Waals surface area contributed by atoms with Crippen LogP contribution in [0.3, 0.4) is 0 Å². The Labute approximate surface area is 191 Å². The molecule has 2 heterocycles. The number of imide groups is 1. The molecule has 0 aromatic heterocycles. The van der Waals surface area contributed by atoms with Gasteiger partial charge in [0.25, 0.3) is 17.1 Å². The Morgan fingerprint density at radius 1 is 1.15 bits per heavy atom. The maximum absolute atomic E-state index is 12.6. The zero-order valence-electron chi connectivity index (χ0n) is 17.1. The van der Waals surface area contributed by atoms with E-state index in [1.54, 1.807) is 18.2 Å². The number of ether oxygens (including phenoxy) is 3. The molecule has 1 saturated heterocycles. The summed E-state index contributed by atoms with van der Waals surface area (Å²) in [5, 5.41) is 2.21. The summed E-state index contributed by atoms with van der Waals surface area (Å²) in [4.78, 5) is 38.7. The van der Waals surface area contributed by atoms with E-state index in [1.807, 2.05) is 0 Å². The van der Waals surface area contributed by atoms with E-state index in [4.69, 9.17) is 9.47 Å². The quantitative estimate of drug-likeness (QED) is 0.611. The number of carbonyl (C=O) groups is 3. The molecule has 2 aliphatic heterocycles. The first-order chi connectivity index (χ1) is 15.9. The highest BCUT2D eigenvalue weighted by Gasteiger charge is 2.34. The SMILES string of the molecule is O=C(NCCN1C(=O)S/C(=C\c2ccc(OC(F)F)cc2)C1=O)c1cccc2c1OCCO2. The predicted molar refractivity (Wildman–Crippen MR) is 116 cm³/mol. The fourth-order valence-electron chi connectivity index (χ4n) is 3.22. The Bertz CT molecular complexity index is 1110. The van der Waals surface area contributed by atoms with Crippen molar-refractivity contribution in [2.45, 2.75) is 6.61 Å². The fraction of sp³-hybridized carbons (Fsp3) is 0.227. The Kier molecular flexibility index (Phi) is 6.78. The monoisotopic (exact) mass is 476 g/mol. The molecule has 0 spiro atoms. The van der Waals surface area contributed by atoms with Gasteiger partial charge in [-0.1, -0.05) is 18.2 Å². The average Bonchev–Trinajstić information content (AvgIpc) is 3.07. The number of para-hydroxylation sites is 1. The summed E-state index contributed by atoms with van der Waals surface area (Å²) in [6.45, 7) is -2.16. The molecule has 1 fully saturated rings. The van der Waals surface area contributed by atoms with E-state index in [2.05, 4.69) is 10.1 Å². The summed E-state index contributed by atoms with van der Waals surface area (Å²) in [6, 6.07) is 10.7. The summed E-state index contributed by atoms with van der Waals surface area (Å²) in [5.41, 5.74) is 0.854. The zero-order valence-corrected chi connectivity index (χ0v) is 17.9. The van der Waals surface area contributed by atoms with Crippen molar-refractivity contribution < 1.29 is 37.4 Å². The predicted octanol–water partition coefficient (Wildman–Crippen LogP) is 3.53.